The van der Waals surface area contributed by atoms with Crippen molar-refractivity contribution in [3.8, 4) is 0 Å². The van der Waals surface area contributed by atoms with Crippen molar-refractivity contribution in [2.24, 2.45) is 11.1 Å². The fourth-order valence-electron chi connectivity index (χ4n) is 2.60. The van der Waals surface area contributed by atoms with Crippen LogP contribution in [0.2, 0.25) is 5.02 Å². The number of halogens is 1. The molecule has 1 saturated carbocycles. The van der Waals surface area contributed by atoms with Crippen molar-refractivity contribution in [1.29, 1.82) is 0 Å². The van der Waals surface area contributed by atoms with E-state index >= 15 is 0 Å². The lowest BCUT2D eigenvalue weighted by Crippen LogP contribution is -2.50. The molecule has 21 heavy (non-hydrogen) atoms. The Morgan fingerprint density at radius 2 is 2.14 bits per heavy atom. The number of nitrogens with two attached hydrogens (primary N) is 1. The molecule has 2 aromatic rings. The fraction of sp³-hybridized carbons (Fsp3) is 0.267. The molecule has 3 N–H and O–H groups in total. The molecule has 1 heterocycles. The molecule has 0 spiro atoms. The Labute approximate surface area is 132 Å². The highest BCUT2D eigenvalue weighted by molar-refractivity contribution is 7.80. The van der Waals surface area contributed by atoms with Gasteiger partial charge < -0.3 is 11.1 Å². The quantitative estimate of drug-likeness (QED) is 0.852. The molecule has 1 aromatic heterocycles. The van der Waals surface area contributed by atoms with Crippen LogP contribution in [0, 0.1) is 5.41 Å². The number of carbonyl (C=O) groups is 1. The highest BCUT2D eigenvalue weighted by atomic mass is 35.5. The average molecular weight is 320 g/mol. The maximum absolute atomic E-state index is 12.5. The topological polar surface area (TPSA) is 68.0 Å². The Balaban J connectivity index is 1.97. The minimum atomic E-state index is -0.712. The van der Waals surface area contributed by atoms with Gasteiger partial charge in [-0.05, 0) is 37.1 Å². The zero-order chi connectivity index (χ0) is 15.0. The predicted octanol–water partition coefficient (Wildman–Crippen LogP) is 3.28. The zero-order valence-electron chi connectivity index (χ0n) is 11.2. The highest BCUT2D eigenvalue weighted by Crippen LogP contribution is 2.42. The van der Waals surface area contributed by atoms with Gasteiger partial charge in [0.05, 0.1) is 26.6 Å². The monoisotopic (exact) mass is 319 g/mol. The Kier molecular flexibility index (Phi) is 3.55. The smallest absolute Gasteiger partial charge is 0.237 e. The van der Waals surface area contributed by atoms with E-state index in [1.54, 1.807) is 18.3 Å². The number of fused-ring (bicyclic) bond motifs is 1. The number of hydrogen-bond acceptors (Lipinski definition) is 3. The number of amides is 1. The van der Waals surface area contributed by atoms with E-state index in [9.17, 15) is 4.79 Å². The lowest BCUT2D eigenvalue weighted by atomic mass is 9.68. The van der Waals surface area contributed by atoms with Crippen LogP contribution in [0.25, 0.3) is 10.9 Å². The third-order valence-electron chi connectivity index (χ3n) is 4.08. The van der Waals surface area contributed by atoms with E-state index in [0.29, 0.717) is 29.1 Å². The molecule has 0 atom stereocenters. The summed E-state index contributed by atoms with van der Waals surface area (Å²) >= 11 is 11.2. The van der Waals surface area contributed by atoms with Crippen LogP contribution in [0.1, 0.15) is 19.3 Å². The van der Waals surface area contributed by atoms with Crippen LogP contribution in [0.3, 0.4) is 0 Å². The number of hydrogen-bond donors (Lipinski definition) is 2. The van der Waals surface area contributed by atoms with E-state index in [2.05, 4.69) is 10.3 Å². The fourth-order valence-corrected chi connectivity index (χ4v) is 3.11. The molecule has 0 radical (unpaired) electrons. The molecule has 0 saturated heterocycles. The standard InChI is InChI=1S/C15H14ClN3OS/c16-10-4-5-11(12-9(10)3-1-8-18-12)19-14(20)15(13(17)21)6-2-7-15/h1,3-5,8H,2,6-7H2,(H2,17,21)(H,19,20). The molecular formula is C15H14ClN3OS. The molecule has 6 heteroatoms. The number of rotatable bonds is 3. The maximum Gasteiger partial charge on any atom is 0.237 e. The van der Waals surface area contributed by atoms with Crippen LogP contribution in [0.4, 0.5) is 5.69 Å². The summed E-state index contributed by atoms with van der Waals surface area (Å²) < 4.78 is 0. The average Bonchev–Trinajstić information content (AvgIpc) is 2.40. The minimum Gasteiger partial charge on any atom is -0.392 e. The third-order valence-corrected chi connectivity index (χ3v) is 4.80. The number of aromatic nitrogens is 1. The molecule has 0 bridgehead atoms. The second-order valence-corrected chi connectivity index (χ2v) is 6.10. The SMILES string of the molecule is NC(=S)C1(C(=O)Nc2ccc(Cl)c3cccnc23)CCC1. The lowest BCUT2D eigenvalue weighted by molar-refractivity contribution is -0.125. The number of thiocarbonyl (C=S) groups is 1. The van der Waals surface area contributed by atoms with Gasteiger partial charge in [-0.1, -0.05) is 30.2 Å². The van der Waals surface area contributed by atoms with Crippen LogP contribution < -0.4 is 11.1 Å². The summed E-state index contributed by atoms with van der Waals surface area (Å²) in [6, 6.07) is 7.17. The number of benzene rings is 1. The van der Waals surface area contributed by atoms with Gasteiger partial charge in [-0.2, -0.15) is 0 Å². The Hall–Kier alpha value is -1.72. The summed E-state index contributed by atoms with van der Waals surface area (Å²) in [5.74, 6) is -0.157. The van der Waals surface area contributed by atoms with E-state index in [1.807, 2.05) is 12.1 Å². The van der Waals surface area contributed by atoms with E-state index in [-0.39, 0.29) is 10.9 Å². The maximum atomic E-state index is 12.5. The summed E-state index contributed by atoms with van der Waals surface area (Å²) in [6.45, 7) is 0. The largest absolute Gasteiger partial charge is 0.392 e. The van der Waals surface area contributed by atoms with Gasteiger partial charge in [0.2, 0.25) is 5.91 Å². The van der Waals surface area contributed by atoms with Crippen molar-refractivity contribution in [1.82, 2.24) is 4.98 Å². The molecular weight excluding hydrogens is 306 g/mol. The molecule has 108 valence electrons. The van der Waals surface area contributed by atoms with Crippen molar-refractivity contribution in [2.45, 2.75) is 19.3 Å². The van der Waals surface area contributed by atoms with Crippen LogP contribution in [0.5, 0.6) is 0 Å². The van der Waals surface area contributed by atoms with Crippen LogP contribution in [0.15, 0.2) is 30.5 Å². The first kappa shape index (κ1) is 14.2. The summed E-state index contributed by atoms with van der Waals surface area (Å²) in [7, 11) is 0. The summed E-state index contributed by atoms with van der Waals surface area (Å²) in [6.07, 6.45) is 4.03. The van der Waals surface area contributed by atoms with Crippen LogP contribution in [-0.2, 0) is 4.79 Å². The van der Waals surface area contributed by atoms with Crippen molar-refractivity contribution < 1.29 is 4.79 Å². The first-order valence-electron chi connectivity index (χ1n) is 6.69. The molecule has 1 aliphatic carbocycles. The molecule has 1 amide bonds. The van der Waals surface area contributed by atoms with Crippen LogP contribution >= 0.6 is 23.8 Å². The van der Waals surface area contributed by atoms with Gasteiger partial charge in [-0.3, -0.25) is 9.78 Å². The second-order valence-electron chi connectivity index (χ2n) is 5.25. The zero-order valence-corrected chi connectivity index (χ0v) is 12.8. The molecule has 4 nitrogen and oxygen atoms in total. The predicted molar refractivity (Wildman–Crippen MR) is 88.5 cm³/mol. The number of nitrogens with zero attached hydrogens (tertiary/aromatic N) is 1. The molecule has 1 aliphatic rings. The number of pyridine rings is 1. The summed E-state index contributed by atoms with van der Waals surface area (Å²) in [5.41, 5.74) is 6.34. The highest BCUT2D eigenvalue weighted by Gasteiger charge is 2.47. The molecule has 1 fully saturated rings. The summed E-state index contributed by atoms with van der Waals surface area (Å²) in [4.78, 5) is 17.1. The Morgan fingerprint density at radius 1 is 1.38 bits per heavy atom. The third kappa shape index (κ3) is 2.26. The normalized spacial score (nSPS) is 16.2. The van der Waals surface area contributed by atoms with E-state index in [4.69, 9.17) is 29.6 Å². The minimum absolute atomic E-state index is 0.157. The molecule has 0 aliphatic heterocycles. The lowest BCUT2D eigenvalue weighted by Gasteiger charge is -2.39. The van der Waals surface area contributed by atoms with Gasteiger partial charge in [0.1, 0.15) is 0 Å². The first-order valence-corrected chi connectivity index (χ1v) is 7.48. The van der Waals surface area contributed by atoms with Gasteiger partial charge in [-0.25, -0.2) is 0 Å². The van der Waals surface area contributed by atoms with Gasteiger partial charge >= 0.3 is 0 Å². The molecule has 1 aromatic carbocycles. The van der Waals surface area contributed by atoms with Gasteiger partial charge in [-0.15, -0.1) is 0 Å². The van der Waals surface area contributed by atoms with Crippen molar-refractivity contribution in [3.63, 3.8) is 0 Å². The Bertz CT molecular complexity index is 743. The van der Waals surface area contributed by atoms with Crippen molar-refractivity contribution >= 4 is 51.3 Å². The van der Waals surface area contributed by atoms with Crippen molar-refractivity contribution in [3.05, 3.63) is 35.5 Å². The summed E-state index contributed by atoms with van der Waals surface area (Å²) in [5, 5.41) is 4.31. The number of nitrogens with one attached hydrogen (secondary N) is 1. The van der Waals surface area contributed by atoms with Gasteiger partial charge in [0.15, 0.2) is 0 Å². The number of anilines is 1. The Morgan fingerprint density at radius 3 is 2.76 bits per heavy atom. The number of carbonyl (C=O) groups excluding carboxylic acids is 1. The van der Waals surface area contributed by atoms with Gasteiger partial charge in [0.25, 0.3) is 0 Å². The molecule has 3 rings (SSSR count). The van der Waals surface area contributed by atoms with Gasteiger partial charge in [0, 0.05) is 11.6 Å². The first-order chi connectivity index (χ1) is 10.0. The van der Waals surface area contributed by atoms with E-state index < -0.39 is 5.41 Å². The van der Waals surface area contributed by atoms with E-state index in [0.717, 1.165) is 11.8 Å². The second kappa shape index (κ2) is 5.24. The molecule has 0 unspecified atom stereocenters. The van der Waals surface area contributed by atoms with Crippen LogP contribution in [-0.4, -0.2) is 15.9 Å². The van der Waals surface area contributed by atoms with Crippen molar-refractivity contribution in [2.75, 3.05) is 5.32 Å². The van der Waals surface area contributed by atoms with E-state index in [1.165, 1.54) is 0 Å².